The van der Waals surface area contributed by atoms with E-state index >= 15 is 0 Å². The largest absolute Gasteiger partial charge is 0.454 e. The van der Waals surface area contributed by atoms with Crippen molar-refractivity contribution in [2.24, 2.45) is 0 Å². The quantitative estimate of drug-likeness (QED) is 0.893. The van der Waals surface area contributed by atoms with Gasteiger partial charge in [-0.15, -0.1) is 0 Å². The fraction of sp³-hybridized carbons (Fsp3) is 0.0833. The summed E-state index contributed by atoms with van der Waals surface area (Å²) in [5.74, 6) is 2.18. The monoisotopic (exact) mass is 307 g/mol. The average Bonchev–Trinajstić information content (AvgIpc) is 2.80. The van der Waals surface area contributed by atoms with E-state index in [0.717, 1.165) is 21.7 Å². The number of hydrogen-bond donors (Lipinski definition) is 2. The van der Waals surface area contributed by atoms with Crippen molar-refractivity contribution in [3.05, 3.63) is 34.9 Å². The fourth-order valence-electron chi connectivity index (χ4n) is 1.66. The van der Waals surface area contributed by atoms with Crippen molar-refractivity contribution in [2.45, 2.75) is 0 Å². The maximum atomic E-state index is 5.64. The van der Waals surface area contributed by atoms with E-state index in [1.807, 2.05) is 18.2 Å². The van der Waals surface area contributed by atoms with Crippen LogP contribution in [-0.4, -0.2) is 11.8 Å². The van der Waals surface area contributed by atoms with Crippen molar-refractivity contribution in [2.75, 3.05) is 17.8 Å². The number of fused-ring (bicyclic) bond motifs is 1. The normalized spacial score (nSPS) is 12.5. The molecule has 1 aromatic heterocycles. The first-order chi connectivity index (χ1) is 8.72. The maximum absolute atomic E-state index is 5.64. The topological polar surface area (TPSA) is 69.4 Å². The molecule has 2 heterocycles. The molecule has 18 heavy (non-hydrogen) atoms. The molecular weight excluding hydrogens is 298 g/mol. The molecule has 1 aromatic carbocycles. The molecule has 3 N–H and O–H groups in total. The summed E-state index contributed by atoms with van der Waals surface area (Å²) in [5, 5.41) is 3.18. The van der Waals surface area contributed by atoms with Crippen LogP contribution in [0.2, 0.25) is 0 Å². The Balaban J connectivity index is 1.88. The molecular formula is C12H10BrN3O2. The van der Waals surface area contributed by atoms with Gasteiger partial charge in [0.25, 0.3) is 0 Å². The second-order valence-corrected chi connectivity index (χ2v) is 4.65. The van der Waals surface area contributed by atoms with Gasteiger partial charge in [0, 0.05) is 11.8 Å². The third-order valence-electron chi connectivity index (χ3n) is 2.50. The lowest BCUT2D eigenvalue weighted by molar-refractivity contribution is 0.174. The van der Waals surface area contributed by atoms with Crippen LogP contribution < -0.4 is 20.5 Å². The highest BCUT2D eigenvalue weighted by atomic mass is 79.9. The van der Waals surface area contributed by atoms with Gasteiger partial charge in [-0.1, -0.05) is 0 Å². The molecule has 0 unspecified atom stereocenters. The van der Waals surface area contributed by atoms with Crippen LogP contribution >= 0.6 is 15.9 Å². The predicted octanol–water partition coefficient (Wildman–Crippen LogP) is 2.90. The van der Waals surface area contributed by atoms with Crippen LogP contribution in [0.5, 0.6) is 11.5 Å². The Morgan fingerprint density at radius 1 is 1.22 bits per heavy atom. The number of halogens is 1. The summed E-state index contributed by atoms with van der Waals surface area (Å²) in [4.78, 5) is 4.21. The Hall–Kier alpha value is -1.95. The van der Waals surface area contributed by atoms with Crippen LogP contribution in [0, 0.1) is 0 Å². The molecule has 0 amide bonds. The summed E-state index contributed by atoms with van der Waals surface area (Å²) >= 11 is 3.41. The molecule has 0 atom stereocenters. The smallest absolute Gasteiger partial charge is 0.231 e. The van der Waals surface area contributed by atoms with E-state index in [1.165, 1.54) is 0 Å². The molecule has 92 valence electrons. The van der Waals surface area contributed by atoms with Gasteiger partial charge < -0.3 is 20.5 Å². The van der Waals surface area contributed by atoms with Crippen molar-refractivity contribution in [1.82, 2.24) is 4.98 Å². The summed E-state index contributed by atoms with van der Waals surface area (Å²) in [6.07, 6.45) is 1.60. The molecule has 0 radical (unpaired) electrons. The second kappa shape index (κ2) is 4.38. The van der Waals surface area contributed by atoms with E-state index in [9.17, 15) is 0 Å². The van der Waals surface area contributed by atoms with Crippen LogP contribution in [0.25, 0.3) is 0 Å². The minimum Gasteiger partial charge on any atom is -0.454 e. The number of nitrogen functional groups attached to an aromatic ring is 1. The van der Waals surface area contributed by atoms with Crippen LogP contribution in [0.4, 0.5) is 17.2 Å². The molecule has 2 aromatic rings. The van der Waals surface area contributed by atoms with Gasteiger partial charge in [-0.25, -0.2) is 4.98 Å². The van der Waals surface area contributed by atoms with Gasteiger partial charge >= 0.3 is 0 Å². The number of ether oxygens (including phenoxy) is 2. The number of pyridine rings is 1. The number of nitrogens with zero attached hydrogens (tertiary/aromatic N) is 1. The van der Waals surface area contributed by atoms with E-state index < -0.39 is 0 Å². The number of nitrogens with two attached hydrogens (primary N) is 1. The molecule has 0 bridgehead atoms. The molecule has 0 saturated heterocycles. The second-order valence-electron chi connectivity index (χ2n) is 3.79. The summed E-state index contributed by atoms with van der Waals surface area (Å²) in [7, 11) is 0. The van der Waals surface area contributed by atoms with E-state index in [0.29, 0.717) is 11.5 Å². The van der Waals surface area contributed by atoms with Crippen molar-refractivity contribution >= 4 is 33.1 Å². The van der Waals surface area contributed by atoms with Crippen molar-refractivity contribution in [3.63, 3.8) is 0 Å². The number of rotatable bonds is 2. The SMILES string of the molecule is Nc1cnc(Nc2ccc3c(c2)OCO3)c(Br)c1. The third-order valence-corrected chi connectivity index (χ3v) is 3.10. The molecule has 0 fully saturated rings. The minimum absolute atomic E-state index is 0.266. The summed E-state index contributed by atoms with van der Waals surface area (Å²) in [6.45, 7) is 0.266. The summed E-state index contributed by atoms with van der Waals surface area (Å²) in [6, 6.07) is 7.42. The summed E-state index contributed by atoms with van der Waals surface area (Å²) in [5.41, 5.74) is 7.12. The van der Waals surface area contributed by atoms with Gasteiger partial charge in [0.05, 0.1) is 16.4 Å². The lowest BCUT2D eigenvalue weighted by Crippen LogP contribution is -1.96. The standard InChI is InChI=1S/C12H10BrN3O2/c13-9-3-7(14)5-15-12(9)16-8-1-2-10-11(4-8)18-6-17-10/h1-5H,6,14H2,(H,15,16). The molecule has 1 aliphatic heterocycles. The van der Waals surface area contributed by atoms with Crippen molar-refractivity contribution in [1.29, 1.82) is 0 Å². The number of anilines is 3. The number of aromatic nitrogens is 1. The zero-order chi connectivity index (χ0) is 12.5. The zero-order valence-corrected chi connectivity index (χ0v) is 10.9. The first-order valence-corrected chi connectivity index (χ1v) is 6.09. The van der Waals surface area contributed by atoms with E-state index in [1.54, 1.807) is 12.3 Å². The Kier molecular flexibility index (Phi) is 2.71. The molecule has 0 saturated carbocycles. The van der Waals surface area contributed by atoms with E-state index in [2.05, 4.69) is 26.2 Å². The van der Waals surface area contributed by atoms with Crippen LogP contribution in [0.3, 0.4) is 0 Å². The molecule has 0 spiro atoms. The highest BCUT2D eigenvalue weighted by Crippen LogP contribution is 2.35. The maximum Gasteiger partial charge on any atom is 0.231 e. The molecule has 3 rings (SSSR count). The number of hydrogen-bond acceptors (Lipinski definition) is 5. The highest BCUT2D eigenvalue weighted by Gasteiger charge is 2.13. The fourth-order valence-corrected chi connectivity index (χ4v) is 2.12. The predicted molar refractivity (Wildman–Crippen MR) is 72.2 cm³/mol. The van der Waals surface area contributed by atoms with Crippen LogP contribution in [0.15, 0.2) is 34.9 Å². The lowest BCUT2D eigenvalue weighted by atomic mass is 10.2. The Morgan fingerprint density at radius 3 is 2.89 bits per heavy atom. The molecule has 0 aliphatic carbocycles. The van der Waals surface area contributed by atoms with Gasteiger partial charge in [0.15, 0.2) is 11.5 Å². The number of nitrogens with one attached hydrogen (secondary N) is 1. The van der Waals surface area contributed by atoms with Crippen molar-refractivity contribution in [3.8, 4) is 11.5 Å². The first kappa shape index (κ1) is 11.2. The molecule has 6 heteroatoms. The Labute approximate surface area is 112 Å². The third kappa shape index (κ3) is 2.06. The van der Waals surface area contributed by atoms with Gasteiger partial charge in [-0.3, -0.25) is 0 Å². The molecule has 5 nitrogen and oxygen atoms in total. The van der Waals surface area contributed by atoms with Crippen molar-refractivity contribution < 1.29 is 9.47 Å². The number of benzene rings is 1. The lowest BCUT2D eigenvalue weighted by Gasteiger charge is -2.08. The minimum atomic E-state index is 0.266. The van der Waals surface area contributed by atoms with Gasteiger partial charge in [0.2, 0.25) is 6.79 Å². The Morgan fingerprint density at radius 2 is 2.06 bits per heavy atom. The zero-order valence-electron chi connectivity index (χ0n) is 9.31. The Bertz CT molecular complexity index is 604. The highest BCUT2D eigenvalue weighted by molar-refractivity contribution is 9.10. The van der Waals surface area contributed by atoms with Gasteiger partial charge in [0.1, 0.15) is 5.82 Å². The van der Waals surface area contributed by atoms with Crippen LogP contribution in [0.1, 0.15) is 0 Å². The van der Waals surface area contributed by atoms with Crippen LogP contribution in [-0.2, 0) is 0 Å². The molecule has 1 aliphatic rings. The summed E-state index contributed by atoms with van der Waals surface area (Å²) < 4.78 is 11.4. The first-order valence-electron chi connectivity index (χ1n) is 5.30. The van der Waals surface area contributed by atoms with E-state index in [-0.39, 0.29) is 6.79 Å². The van der Waals surface area contributed by atoms with Gasteiger partial charge in [-0.05, 0) is 34.1 Å². The van der Waals surface area contributed by atoms with Gasteiger partial charge in [-0.2, -0.15) is 0 Å². The van der Waals surface area contributed by atoms with E-state index in [4.69, 9.17) is 15.2 Å². The average molecular weight is 308 g/mol.